The third-order valence-corrected chi connectivity index (χ3v) is 17.0. The van der Waals surface area contributed by atoms with Crippen molar-refractivity contribution in [2.75, 3.05) is 32.4 Å². The van der Waals surface area contributed by atoms with E-state index in [0.717, 1.165) is 27.6 Å². The first-order valence-corrected chi connectivity index (χ1v) is 12.4. The van der Waals surface area contributed by atoms with Gasteiger partial charge in [-0.25, -0.2) is 0 Å². The van der Waals surface area contributed by atoms with E-state index < -0.39 is 60.0 Å². The third kappa shape index (κ3) is 3.67. The fourth-order valence-corrected chi connectivity index (χ4v) is 13.6. The van der Waals surface area contributed by atoms with Crippen LogP contribution in [0.5, 0.6) is 0 Å². The van der Waals surface area contributed by atoms with Crippen LogP contribution in [0.1, 0.15) is 13.8 Å². The maximum absolute atomic E-state index is 12.9. The molecule has 0 aromatic carbocycles. The van der Waals surface area contributed by atoms with E-state index in [0.29, 0.717) is 0 Å². The summed E-state index contributed by atoms with van der Waals surface area (Å²) in [5.74, 6) is 0. The molecular weight excluding hydrogens is 411 g/mol. The van der Waals surface area contributed by atoms with Crippen LogP contribution in [0.3, 0.4) is 0 Å². The molecule has 0 radical (unpaired) electrons. The van der Waals surface area contributed by atoms with Crippen molar-refractivity contribution in [3.63, 3.8) is 0 Å². The van der Waals surface area contributed by atoms with Crippen molar-refractivity contribution in [3.8, 4) is 0 Å². The summed E-state index contributed by atoms with van der Waals surface area (Å²) >= 11 is 0. The van der Waals surface area contributed by atoms with Gasteiger partial charge in [-0.2, -0.15) is 0 Å². The Kier molecular flexibility index (Phi) is 6.48. The van der Waals surface area contributed by atoms with Crippen LogP contribution in [0.4, 0.5) is 26.3 Å². The number of rotatable bonds is 7. The Hall–Kier alpha value is -0.170. The Morgan fingerprint density at radius 1 is 0.875 bits per heavy atom. The van der Waals surface area contributed by atoms with Crippen LogP contribution < -0.4 is 0 Å². The molecule has 24 heavy (non-hydrogen) atoms. The number of halogens is 6. The number of ether oxygens (including phenoxy) is 1. The van der Waals surface area contributed by atoms with E-state index >= 15 is 0 Å². The van der Waals surface area contributed by atoms with Gasteiger partial charge in [0.2, 0.25) is 0 Å². The molecule has 0 fully saturated rings. The number of nitrogens with zero attached hydrogens (tertiary/aromatic N) is 1. The van der Waals surface area contributed by atoms with Gasteiger partial charge in [0, 0.05) is 0 Å². The van der Waals surface area contributed by atoms with Crippen LogP contribution in [0, 0.1) is 0 Å². The Morgan fingerprint density at radius 3 is 1.33 bits per heavy atom. The van der Waals surface area contributed by atoms with E-state index in [9.17, 15) is 43.2 Å². The van der Waals surface area contributed by atoms with Gasteiger partial charge >= 0.3 is 136 Å². The molecule has 0 aliphatic carbocycles. The summed E-state index contributed by atoms with van der Waals surface area (Å²) in [5.41, 5.74) is -12.5. The second-order valence-electron chi connectivity index (χ2n) is 5.37. The SMILES string of the molecule is CCP(C)(CC)(COC)N(S(=O)(=O)C(F)(F)F)S(=O)(=O)C(F)(F)F. The predicted octanol–water partition coefficient (Wildman–Crippen LogP) is 2.73. The fraction of sp³-hybridized carbons (Fsp3) is 1.00. The van der Waals surface area contributed by atoms with E-state index in [1.807, 2.05) is 0 Å². The van der Waals surface area contributed by atoms with Gasteiger partial charge in [0.25, 0.3) is 0 Å². The van der Waals surface area contributed by atoms with Gasteiger partial charge in [-0.05, 0) is 0 Å². The van der Waals surface area contributed by atoms with E-state index in [-0.39, 0.29) is 0 Å². The average molecular weight is 429 g/mol. The molecule has 0 N–H and O–H groups in total. The monoisotopic (exact) mass is 429 g/mol. The molecule has 0 atom stereocenters. The maximum atomic E-state index is 12.9. The van der Waals surface area contributed by atoms with Crippen molar-refractivity contribution in [3.05, 3.63) is 0 Å². The molecule has 148 valence electrons. The Bertz CT molecular complexity index is 624. The van der Waals surface area contributed by atoms with Gasteiger partial charge in [-0.15, -0.1) is 0 Å². The fourth-order valence-electron chi connectivity index (χ4n) is 2.03. The zero-order valence-electron chi connectivity index (χ0n) is 13.1. The molecule has 0 aromatic heterocycles. The number of sulfonamides is 2. The van der Waals surface area contributed by atoms with Crippen molar-refractivity contribution in [2.45, 2.75) is 24.9 Å². The van der Waals surface area contributed by atoms with Crippen molar-refractivity contribution >= 4 is 26.8 Å². The van der Waals surface area contributed by atoms with E-state index in [1.165, 1.54) is 0 Å². The molecular formula is C9H18F6NO5PS2. The van der Waals surface area contributed by atoms with Crippen molar-refractivity contribution < 1.29 is 47.9 Å². The summed E-state index contributed by atoms with van der Waals surface area (Å²) in [4.78, 5) is 0. The van der Waals surface area contributed by atoms with Crippen LogP contribution >= 0.6 is 6.75 Å². The van der Waals surface area contributed by atoms with E-state index in [1.54, 1.807) is 0 Å². The molecule has 15 heteroatoms. The Balaban J connectivity index is 7.19. The van der Waals surface area contributed by atoms with Gasteiger partial charge in [0.1, 0.15) is 0 Å². The Labute approximate surface area is 136 Å². The molecule has 0 bridgehead atoms. The summed E-state index contributed by atoms with van der Waals surface area (Å²) in [6.45, 7) is -1.83. The molecule has 0 rings (SSSR count). The van der Waals surface area contributed by atoms with E-state index in [2.05, 4.69) is 4.74 Å². The van der Waals surface area contributed by atoms with Gasteiger partial charge in [0.05, 0.1) is 0 Å². The van der Waals surface area contributed by atoms with Crippen LogP contribution in [0.15, 0.2) is 0 Å². The van der Waals surface area contributed by atoms with Crippen molar-refractivity contribution in [1.29, 1.82) is 0 Å². The summed E-state index contributed by atoms with van der Waals surface area (Å²) in [6.07, 6.45) is -2.02. The molecule has 0 amide bonds. The van der Waals surface area contributed by atoms with Crippen molar-refractivity contribution in [2.24, 2.45) is 0 Å². The molecule has 0 aliphatic heterocycles. The topological polar surface area (TPSA) is 80.8 Å². The first kappa shape index (κ1) is 23.8. The van der Waals surface area contributed by atoms with E-state index in [4.69, 9.17) is 0 Å². The molecule has 0 unspecified atom stereocenters. The van der Waals surface area contributed by atoms with Gasteiger partial charge in [-0.3, -0.25) is 0 Å². The molecule has 0 aliphatic rings. The molecule has 0 aromatic rings. The first-order valence-electron chi connectivity index (χ1n) is 6.28. The number of alkyl halides is 6. The second-order valence-corrected chi connectivity index (χ2v) is 16.1. The molecule has 0 spiro atoms. The molecule has 6 nitrogen and oxygen atoms in total. The first-order chi connectivity index (χ1) is 10.4. The summed E-state index contributed by atoms with van der Waals surface area (Å²) in [6, 6.07) is 0. The van der Waals surface area contributed by atoms with Crippen LogP contribution in [-0.2, 0) is 24.8 Å². The van der Waals surface area contributed by atoms with Crippen LogP contribution in [0.2, 0.25) is 0 Å². The summed E-state index contributed by atoms with van der Waals surface area (Å²) in [7, 11) is -12.8. The molecule has 0 saturated heterocycles. The third-order valence-electron chi connectivity index (χ3n) is 3.81. The standard InChI is InChI=1S/C9H18F6NO5PS2/c1-5-22(4,6-2,7-21-3)16(23(17,18)8(10,11)12)24(19,20)9(13,14)15/h5-7H2,1-4H3. The number of methoxy groups -OCH3 is 1. The van der Waals surface area contributed by atoms with Crippen LogP contribution in [0.25, 0.3) is 0 Å². The van der Waals surface area contributed by atoms with Gasteiger partial charge < -0.3 is 0 Å². The summed E-state index contributed by atoms with van der Waals surface area (Å²) in [5, 5.41) is 0. The summed E-state index contributed by atoms with van der Waals surface area (Å²) < 4.78 is 128. The van der Waals surface area contributed by atoms with Crippen LogP contribution in [-0.4, -0.2) is 63.8 Å². The van der Waals surface area contributed by atoms with Crippen molar-refractivity contribution in [1.82, 2.24) is 3.48 Å². The average Bonchev–Trinajstić information content (AvgIpc) is 2.36. The Morgan fingerprint density at radius 2 is 1.17 bits per heavy atom. The second kappa shape index (κ2) is 6.53. The predicted molar refractivity (Wildman–Crippen MR) is 77.6 cm³/mol. The number of hydrogen-bond acceptors (Lipinski definition) is 5. The zero-order valence-corrected chi connectivity index (χ0v) is 15.7. The minimum atomic E-state index is -6.84. The van der Waals surface area contributed by atoms with Gasteiger partial charge in [0.15, 0.2) is 0 Å². The minimum absolute atomic E-state index is 0.569. The zero-order chi connectivity index (χ0) is 19.9. The van der Waals surface area contributed by atoms with Gasteiger partial charge in [-0.1, -0.05) is 0 Å². The molecule has 0 heterocycles. The molecule has 0 saturated carbocycles. The number of hydrogen-bond donors (Lipinski definition) is 0. The quantitative estimate of drug-likeness (QED) is 0.459. The normalized spacial score (nSPS) is 16.9.